The van der Waals surface area contributed by atoms with Crippen molar-refractivity contribution in [3.05, 3.63) is 65.5 Å². The standard InChI is InChI=1S/C15H15FN2O/c16-14-4-2-1-3-12(14)10-19-13-7-5-11(6-8-13)9-15(17)18/h1-8H,9-10H2,(H3,17,18). The number of hydrogen-bond acceptors (Lipinski definition) is 2. The lowest BCUT2D eigenvalue weighted by atomic mass is 10.1. The highest BCUT2D eigenvalue weighted by Gasteiger charge is 2.02. The van der Waals surface area contributed by atoms with Crippen LogP contribution in [0.15, 0.2) is 48.5 Å². The molecular formula is C15H15FN2O. The van der Waals surface area contributed by atoms with Gasteiger partial charge in [-0.2, -0.15) is 0 Å². The van der Waals surface area contributed by atoms with Gasteiger partial charge in [-0.1, -0.05) is 30.3 Å². The maximum atomic E-state index is 13.4. The topological polar surface area (TPSA) is 59.1 Å². The number of halogens is 1. The first-order chi connectivity index (χ1) is 9.15. The van der Waals surface area contributed by atoms with Gasteiger partial charge >= 0.3 is 0 Å². The van der Waals surface area contributed by atoms with Crippen LogP contribution in [0, 0.1) is 11.2 Å². The fourth-order valence-corrected chi connectivity index (χ4v) is 1.70. The molecule has 0 saturated heterocycles. The van der Waals surface area contributed by atoms with Crippen molar-refractivity contribution in [1.82, 2.24) is 0 Å². The van der Waals surface area contributed by atoms with Gasteiger partial charge in [-0.3, -0.25) is 5.41 Å². The average molecular weight is 258 g/mol. The monoisotopic (exact) mass is 258 g/mol. The van der Waals surface area contributed by atoms with Crippen LogP contribution in [-0.4, -0.2) is 5.84 Å². The largest absolute Gasteiger partial charge is 0.489 e. The van der Waals surface area contributed by atoms with E-state index in [9.17, 15) is 4.39 Å². The van der Waals surface area contributed by atoms with Gasteiger partial charge in [0.1, 0.15) is 18.2 Å². The van der Waals surface area contributed by atoms with E-state index in [1.165, 1.54) is 6.07 Å². The molecule has 2 aromatic rings. The molecule has 0 aromatic heterocycles. The van der Waals surface area contributed by atoms with Crippen molar-refractivity contribution in [3.8, 4) is 5.75 Å². The Morgan fingerprint density at radius 3 is 2.42 bits per heavy atom. The molecule has 98 valence electrons. The third-order valence-electron chi connectivity index (χ3n) is 2.67. The molecule has 0 spiro atoms. The molecule has 0 bridgehead atoms. The van der Waals surface area contributed by atoms with Crippen LogP contribution in [0.5, 0.6) is 5.75 Å². The Morgan fingerprint density at radius 2 is 1.79 bits per heavy atom. The van der Waals surface area contributed by atoms with Crippen LogP contribution in [0.4, 0.5) is 4.39 Å². The highest BCUT2D eigenvalue weighted by atomic mass is 19.1. The molecule has 0 unspecified atom stereocenters. The number of nitrogens with two attached hydrogens (primary N) is 1. The first kappa shape index (κ1) is 13.1. The van der Waals surface area contributed by atoms with E-state index in [1.807, 2.05) is 12.1 Å². The fraction of sp³-hybridized carbons (Fsp3) is 0.133. The Morgan fingerprint density at radius 1 is 1.11 bits per heavy atom. The predicted molar refractivity (Wildman–Crippen MR) is 72.8 cm³/mol. The van der Waals surface area contributed by atoms with Gasteiger partial charge < -0.3 is 10.5 Å². The summed E-state index contributed by atoms with van der Waals surface area (Å²) in [6.07, 6.45) is 0.424. The lowest BCUT2D eigenvalue weighted by Gasteiger charge is -2.08. The lowest BCUT2D eigenvalue weighted by Crippen LogP contribution is -2.12. The summed E-state index contributed by atoms with van der Waals surface area (Å²) in [4.78, 5) is 0. The number of ether oxygens (including phenoxy) is 1. The Bertz CT molecular complexity index is 567. The summed E-state index contributed by atoms with van der Waals surface area (Å²) >= 11 is 0. The minimum atomic E-state index is -0.268. The molecule has 0 aliphatic heterocycles. The maximum absolute atomic E-state index is 13.4. The minimum absolute atomic E-state index is 0.125. The summed E-state index contributed by atoms with van der Waals surface area (Å²) < 4.78 is 18.9. The average Bonchev–Trinajstić information content (AvgIpc) is 2.39. The minimum Gasteiger partial charge on any atom is -0.489 e. The quantitative estimate of drug-likeness (QED) is 0.640. The summed E-state index contributed by atoms with van der Waals surface area (Å²) in [5, 5.41) is 7.21. The Balaban J connectivity index is 1.97. The Labute approximate surface area is 111 Å². The van der Waals surface area contributed by atoms with E-state index in [0.29, 0.717) is 17.7 Å². The highest BCUT2D eigenvalue weighted by Crippen LogP contribution is 2.15. The Hall–Kier alpha value is -2.36. The van der Waals surface area contributed by atoms with E-state index in [1.54, 1.807) is 30.3 Å². The summed E-state index contributed by atoms with van der Waals surface area (Å²) in [6.45, 7) is 0.193. The van der Waals surface area contributed by atoms with Gasteiger partial charge in [0, 0.05) is 12.0 Å². The van der Waals surface area contributed by atoms with E-state index >= 15 is 0 Å². The molecule has 2 aromatic carbocycles. The Kier molecular flexibility index (Phi) is 4.13. The zero-order chi connectivity index (χ0) is 13.7. The molecule has 0 aliphatic carbocycles. The first-order valence-corrected chi connectivity index (χ1v) is 5.93. The molecule has 3 N–H and O–H groups in total. The number of benzene rings is 2. The zero-order valence-electron chi connectivity index (χ0n) is 10.4. The number of amidine groups is 1. The molecule has 0 saturated carbocycles. The van der Waals surface area contributed by atoms with Gasteiger partial charge in [-0.15, -0.1) is 0 Å². The highest BCUT2D eigenvalue weighted by molar-refractivity contribution is 5.79. The van der Waals surface area contributed by atoms with Crippen LogP contribution in [-0.2, 0) is 13.0 Å². The smallest absolute Gasteiger partial charge is 0.129 e. The van der Waals surface area contributed by atoms with Crippen LogP contribution < -0.4 is 10.5 Å². The van der Waals surface area contributed by atoms with Crippen molar-refractivity contribution >= 4 is 5.84 Å². The van der Waals surface area contributed by atoms with Crippen LogP contribution in [0.25, 0.3) is 0 Å². The normalized spacial score (nSPS) is 10.2. The van der Waals surface area contributed by atoms with Gasteiger partial charge in [0.05, 0.1) is 5.84 Å². The van der Waals surface area contributed by atoms with Crippen molar-refractivity contribution < 1.29 is 9.13 Å². The molecule has 0 radical (unpaired) electrons. The fourth-order valence-electron chi connectivity index (χ4n) is 1.70. The first-order valence-electron chi connectivity index (χ1n) is 5.93. The summed E-state index contributed by atoms with van der Waals surface area (Å²) in [7, 11) is 0. The molecule has 0 heterocycles. The predicted octanol–water partition coefficient (Wildman–Crippen LogP) is 2.88. The molecular weight excluding hydrogens is 243 g/mol. The second-order valence-electron chi connectivity index (χ2n) is 4.23. The van der Waals surface area contributed by atoms with Crippen molar-refractivity contribution in [2.75, 3.05) is 0 Å². The van der Waals surface area contributed by atoms with Gasteiger partial charge in [-0.05, 0) is 23.8 Å². The van der Waals surface area contributed by atoms with Gasteiger partial charge in [0.2, 0.25) is 0 Å². The molecule has 19 heavy (non-hydrogen) atoms. The third-order valence-corrected chi connectivity index (χ3v) is 2.67. The second-order valence-corrected chi connectivity index (χ2v) is 4.23. The van der Waals surface area contributed by atoms with Crippen molar-refractivity contribution in [2.24, 2.45) is 5.73 Å². The van der Waals surface area contributed by atoms with E-state index < -0.39 is 0 Å². The van der Waals surface area contributed by atoms with E-state index in [-0.39, 0.29) is 18.3 Å². The van der Waals surface area contributed by atoms with Crippen LogP contribution >= 0.6 is 0 Å². The molecule has 0 amide bonds. The summed E-state index contributed by atoms with van der Waals surface area (Å²) in [5.74, 6) is 0.520. The molecule has 4 heteroatoms. The van der Waals surface area contributed by atoms with Crippen molar-refractivity contribution in [2.45, 2.75) is 13.0 Å². The number of nitrogens with one attached hydrogen (secondary N) is 1. The molecule has 0 aliphatic rings. The molecule has 0 atom stereocenters. The SMILES string of the molecule is N=C(N)Cc1ccc(OCc2ccccc2F)cc1. The van der Waals surface area contributed by atoms with Crippen LogP contribution in [0.1, 0.15) is 11.1 Å². The van der Waals surface area contributed by atoms with E-state index in [4.69, 9.17) is 15.9 Å². The van der Waals surface area contributed by atoms with Gasteiger partial charge in [0.15, 0.2) is 0 Å². The van der Waals surface area contributed by atoms with Crippen molar-refractivity contribution in [1.29, 1.82) is 5.41 Å². The number of rotatable bonds is 5. The van der Waals surface area contributed by atoms with Crippen molar-refractivity contribution in [3.63, 3.8) is 0 Å². The molecule has 0 fully saturated rings. The summed E-state index contributed by atoms with van der Waals surface area (Å²) in [6, 6.07) is 13.8. The molecule has 3 nitrogen and oxygen atoms in total. The van der Waals surface area contributed by atoms with Crippen LogP contribution in [0.2, 0.25) is 0 Å². The van der Waals surface area contributed by atoms with E-state index in [2.05, 4.69) is 0 Å². The zero-order valence-corrected chi connectivity index (χ0v) is 10.4. The van der Waals surface area contributed by atoms with Gasteiger partial charge in [-0.25, -0.2) is 4.39 Å². The number of hydrogen-bond donors (Lipinski definition) is 2. The maximum Gasteiger partial charge on any atom is 0.129 e. The molecule has 2 rings (SSSR count). The summed E-state index contributed by atoms with van der Waals surface area (Å²) in [5.41, 5.74) is 6.80. The second kappa shape index (κ2) is 6.00. The van der Waals surface area contributed by atoms with Crippen LogP contribution in [0.3, 0.4) is 0 Å². The lowest BCUT2D eigenvalue weighted by molar-refractivity contribution is 0.300. The van der Waals surface area contributed by atoms with Gasteiger partial charge in [0.25, 0.3) is 0 Å². The third kappa shape index (κ3) is 3.81. The van der Waals surface area contributed by atoms with E-state index in [0.717, 1.165) is 5.56 Å².